The number of pyridine rings is 1. The molecule has 1 amide bonds. The third kappa shape index (κ3) is 5.11. The van der Waals surface area contributed by atoms with E-state index in [1.807, 2.05) is 19.9 Å². The molecule has 1 aliphatic rings. The monoisotopic (exact) mass is 461 g/mol. The Hall–Kier alpha value is -3.14. The average molecular weight is 461 g/mol. The standard InChI is InChI=1S/C23H26F3N5O2/c1-15-12-16(2)27-21-20(15)22(28-29(21)3)33-14-19(32)31-10-8-30(9-11-31)13-17-4-6-18(7-5-17)23(24,25)26/h4-7,12H,8-11,13-14H2,1-3H3. The number of hydrogen-bond donors (Lipinski definition) is 0. The van der Waals surface area contributed by atoms with Crippen molar-refractivity contribution in [1.82, 2.24) is 24.6 Å². The Bertz CT molecular complexity index is 1150. The number of carbonyl (C=O) groups is 1. The zero-order chi connectivity index (χ0) is 23.8. The smallest absolute Gasteiger partial charge is 0.416 e. The number of benzene rings is 1. The van der Waals surface area contributed by atoms with Crippen molar-refractivity contribution < 1.29 is 22.7 Å². The maximum Gasteiger partial charge on any atom is 0.416 e. The molecule has 176 valence electrons. The first-order valence-electron chi connectivity index (χ1n) is 10.7. The Labute approximate surface area is 189 Å². The van der Waals surface area contributed by atoms with E-state index in [-0.39, 0.29) is 12.5 Å². The van der Waals surface area contributed by atoms with E-state index < -0.39 is 11.7 Å². The van der Waals surface area contributed by atoms with Crippen molar-refractivity contribution in [1.29, 1.82) is 0 Å². The van der Waals surface area contributed by atoms with Crippen LogP contribution in [0.3, 0.4) is 0 Å². The van der Waals surface area contributed by atoms with E-state index in [0.29, 0.717) is 44.3 Å². The third-order valence-electron chi connectivity index (χ3n) is 5.83. The van der Waals surface area contributed by atoms with E-state index in [1.165, 1.54) is 12.1 Å². The maximum atomic E-state index is 12.7. The van der Waals surface area contributed by atoms with Crippen LogP contribution in [0.1, 0.15) is 22.4 Å². The lowest BCUT2D eigenvalue weighted by atomic mass is 10.1. The van der Waals surface area contributed by atoms with Gasteiger partial charge in [0.1, 0.15) is 0 Å². The summed E-state index contributed by atoms with van der Waals surface area (Å²) in [6.45, 7) is 6.66. The Morgan fingerprint density at radius 3 is 2.39 bits per heavy atom. The van der Waals surface area contributed by atoms with Crippen molar-refractivity contribution in [2.24, 2.45) is 7.05 Å². The van der Waals surface area contributed by atoms with Crippen LogP contribution in [0.4, 0.5) is 13.2 Å². The Kier molecular flexibility index (Phi) is 6.29. The van der Waals surface area contributed by atoms with Gasteiger partial charge in [-0.3, -0.25) is 9.69 Å². The van der Waals surface area contributed by atoms with Crippen molar-refractivity contribution in [2.45, 2.75) is 26.6 Å². The summed E-state index contributed by atoms with van der Waals surface area (Å²) in [5, 5.41) is 5.17. The van der Waals surface area contributed by atoms with Crippen LogP contribution in [0, 0.1) is 13.8 Å². The highest BCUT2D eigenvalue weighted by atomic mass is 19.4. The molecule has 0 unspecified atom stereocenters. The fraction of sp³-hybridized carbons (Fsp3) is 0.435. The number of carbonyl (C=O) groups excluding carboxylic acids is 1. The zero-order valence-corrected chi connectivity index (χ0v) is 18.8. The number of aromatic nitrogens is 3. The van der Waals surface area contributed by atoms with Crippen molar-refractivity contribution >= 4 is 16.9 Å². The quantitative estimate of drug-likeness (QED) is 0.583. The van der Waals surface area contributed by atoms with Gasteiger partial charge in [-0.15, -0.1) is 5.10 Å². The third-order valence-corrected chi connectivity index (χ3v) is 5.83. The molecular weight excluding hydrogens is 435 g/mol. The number of aryl methyl sites for hydroxylation is 3. The van der Waals surface area contributed by atoms with E-state index in [4.69, 9.17) is 4.74 Å². The highest BCUT2D eigenvalue weighted by molar-refractivity contribution is 5.85. The van der Waals surface area contributed by atoms with Crippen LogP contribution < -0.4 is 4.74 Å². The largest absolute Gasteiger partial charge is 0.466 e. The second-order valence-electron chi connectivity index (χ2n) is 8.35. The number of fused-ring (bicyclic) bond motifs is 1. The SMILES string of the molecule is Cc1cc(C)c2c(OCC(=O)N3CCN(Cc4ccc(C(F)(F)F)cc4)CC3)nn(C)c2n1. The molecule has 3 heterocycles. The van der Waals surface area contributed by atoms with Crippen molar-refractivity contribution in [3.63, 3.8) is 0 Å². The van der Waals surface area contributed by atoms with Gasteiger partial charge in [-0.25, -0.2) is 9.67 Å². The first kappa shape index (κ1) is 23.0. The molecular formula is C23H26F3N5O2. The van der Waals surface area contributed by atoms with Gasteiger partial charge in [0.05, 0.1) is 10.9 Å². The Balaban J connectivity index is 1.30. The molecule has 0 bridgehead atoms. The molecule has 3 aromatic rings. The average Bonchev–Trinajstić information content (AvgIpc) is 3.08. The molecule has 1 saturated heterocycles. The lowest BCUT2D eigenvalue weighted by Gasteiger charge is -2.34. The van der Waals surface area contributed by atoms with Crippen LogP contribution in [-0.2, 0) is 24.6 Å². The number of piperazine rings is 1. The van der Waals surface area contributed by atoms with Crippen molar-refractivity contribution in [2.75, 3.05) is 32.8 Å². The van der Waals surface area contributed by atoms with Gasteiger partial charge in [-0.2, -0.15) is 13.2 Å². The van der Waals surface area contributed by atoms with Crippen LogP contribution in [0.5, 0.6) is 5.88 Å². The summed E-state index contributed by atoms with van der Waals surface area (Å²) < 4.78 is 45.6. The van der Waals surface area contributed by atoms with E-state index in [1.54, 1.807) is 16.6 Å². The van der Waals surface area contributed by atoms with E-state index in [9.17, 15) is 18.0 Å². The van der Waals surface area contributed by atoms with Gasteiger partial charge in [0.25, 0.3) is 5.91 Å². The number of rotatable bonds is 5. The molecule has 0 atom stereocenters. The number of ether oxygens (including phenoxy) is 1. The second kappa shape index (κ2) is 9.01. The topological polar surface area (TPSA) is 63.5 Å². The van der Waals surface area contributed by atoms with Gasteiger partial charge in [0, 0.05) is 45.5 Å². The van der Waals surface area contributed by atoms with Crippen LogP contribution in [0.15, 0.2) is 30.3 Å². The lowest BCUT2D eigenvalue weighted by molar-refractivity contribution is -0.137. The predicted octanol–water partition coefficient (Wildman–Crippen LogP) is 3.33. The molecule has 7 nitrogen and oxygen atoms in total. The molecule has 33 heavy (non-hydrogen) atoms. The van der Waals surface area contributed by atoms with Gasteiger partial charge >= 0.3 is 6.18 Å². The van der Waals surface area contributed by atoms with Gasteiger partial charge in [0.15, 0.2) is 12.3 Å². The number of hydrogen-bond acceptors (Lipinski definition) is 5. The molecule has 1 fully saturated rings. The number of halogens is 3. The molecule has 0 N–H and O–H groups in total. The molecule has 0 spiro atoms. The predicted molar refractivity (Wildman–Crippen MR) is 117 cm³/mol. The molecule has 0 saturated carbocycles. The van der Waals surface area contributed by atoms with Crippen LogP contribution >= 0.6 is 0 Å². The molecule has 0 radical (unpaired) electrons. The molecule has 1 aromatic carbocycles. The first-order chi connectivity index (χ1) is 15.6. The van der Waals surface area contributed by atoms with Gasteiger partial charge < -0.3 is 9.64 Å². The maximum absolute atomic E-state index is 12.7. The van der Waals surface area contributed by atoms with E-state index in [0.717, 1.165) is 34.3 Å². The van der Waals surface area contributed by atoms with E-state index >= 15 is 0 Å². The minimum atomic E-state index is -4.33. The number of nitrogens with zero attached hydrogens (tertiary/aromatic N) is 5. The van der Waals surface area contributed by atoms with Crippen LogP contribution in [0.25, 0.3) is 11.0 Å². The van der Waals surface area contributed by atoms with Crippen LogP contribution in [-0.4, -0.2) is 63.3 Å². The minimum Gasteiger partial charge on any atom is -0.466 e. The Morgan fingerprint density at radius 1 is 1.09 bits per heavy atom. The van der Waals surface area contributed by atoms with Gasteiger partial charge in [-0.05, 0) is 43.2 Å². The summed E-state index contributed by atoms with van der Waals surface area (Å²) in [6.07, 6.45) is -4.33. The summed E-state index contributed by atoms with van der Waals surface area (Å²) in [4.78, 5) is 21.0. The van der Waals surface area contributed by atoms with Crippen LogP contribution in [0.2, 0.25) is 0 Å². The molecule has 2 aromatic heterocycles. The summed E-state index contributed by atoms with van der Waals surface area (Å²) >= 11 is 0. The highest BCUT2D eigenvalue weighted by Gasteiger charge is 2.30. The lowest BCUT2D eigenvalue weighted by Crippen LogP contribution is -2.49. The number of amides is 1. The number of alkyl halides is 3. The van der Waals surface area contributed by atoms with Gasteiger partial charge in [0.2, 0.25) is 5.88 Å². The highest BCUT2D eigenvalue weighted by Crippen LogP contribution is 2.29. The zero-order valence-electron chi connectivity index (χ0n) is 18.8. The summed E-state index contributed by atoms with van der Waals surface area (Å²) in [5.74, 6) is 0.271. The van der Waals surface area contributed by atoms with Gasteiger partial charge in [-0.1, -0.05) is 12.1 Å². The fourth-order valence-electron chi connectivity index (χ4n) is 4.08. The first-order valence-corrected chi connectivity index (χ1v) is 10.7. The molecule has 0 aliphatic carbocycles. The molecule has 10 heteroatoms. The Morgan fingerprint density at radius 2 is 1.76 bits per heavy atom. The van der Waals surface area contributed by atoms with Crippen molar-refractivity contribution in [3.05, 3.63) is 52.7 Å². The fourth-order valence-corrected chi connectivity index (χ4v) is 4.08. The second-order valence-corrected chi connectivity index (χ2v) is 8.35. The summed E-state index contributed by atoms with van der Waals surface area (Å²) in [5.41, 5.74) is 2.76. The minimum absolute atomic E-state index is 0.113. The molecule has 4 rings (SSSR count). The summed E-state index contributed by atoms with van der Waals surface area (Å²) in [6, 6.07) is 7.17. The molecule has 1 aliphatic heterocycles. The van der Waals surface area contributed by atoms with E-state index in [2.05, 4.69) is 15.0 Å². The van der Waals surface area contributed by atoms with Crippen molar-refractivity contribution in [3.8, 4) is 5.88 Å². The normalized spacial score (nSPS) is 15.3. The summed E-state index contributed by atoms with van der Waals surface area (Å²) in [7, 11) is 1.79.